The second-order valence-corrected chi connectivity index (χ2v) is 2.93. The van der Waals surface area contributed by atoms with Gasteiger partial charge in [-0.05, 0) is 5.92 Å². The SMILES string of the molecule is OC(CF)C1CC[CH-]CC1.[Co]. The number of rotatable bonds is 2. The zero-order valence-corrected chi connectivity index (χ0v) is 7.47. The Kier molecular flexibility index (Phi) is 6.19. The van der Waals surface area contributed by atoms with Gasteiger partial charge in [0.1, 0.15) is 6.67 Å². The van der Waals surface area contributed by atoms with E-state index in [9.17, 15) is 4.39 Å². The molecule has 1 N–H and O–H groups in total. The maximum atomic E-state index is 11.9. The molecule has 0 bridgehead atoms. The van der Waals surface area contributed by atoms with Crippen molar-refractivity contribution in [3.05, 3.63) is 6.42 Å². The molecule has 0 aromatic heterocycles. The van der Waals surface area contributed by atoms with Crippen molar-refractivity contribution in [2.45, 2.75) is 31.8 Å². The van der Waals surface area contributed by atoms with Gasteiger partial charge in [0, 0.05) is 16.8 Å². The van der Waals surface area contributed by atoms with Crippen LogP contribution in [0.4, 0.5) is 4.39 Å². The molecular weight excluding hydrogens is 190 g/mol. The predicted octanol–water partition coefficient (Wildman–Crippen LogP) is 1.71. The van der Waals surface area contributed by atoms with Gasteiger partial charge in [-0.3, -0.25) is 0 Å². The third-order valence-electron chi connectivity index (χ3n) is 2.19. The normalized spacial score (nSPS) is 22.4. The van der Waals surface area contributed by atoms with E-state index in [2.05, 4.69) is 6.42 Å². The minimum atomic E-state index is -0.700. The van der Waals surface area contributed by atoms with Gasteiger partial charge in [0.2, 0.25) is 0 Å². The minimum absolute atomic E-state index is 0. The Balaban J connectivity index is 0.000001000. The Labute approximate surface area is 77.6 Å². The summed E-state index contributed by atoms with van der Waals surface area (Å²) in [4.78, 5) is 0. The molecule has 0 aliphatic heterocycles. The van der Waals surface area contributed by atoms with Crippen molar-refractivity contribution < 1.29 is 26.3 Å². The summed E-state index contributed by atoms with van der Waals surface area (Å²) >= 11 is 0. The average molecular weight is 204 g/mol. The van der Waals surface area contributed by atoms with Gasteiger partial charge in [-0.2, -0.15) is 12.8 Å². The predicted molar refractivity (Wildman–Crippen MR) is 38.2 cm³/mol. The van der Waals surface area contributed by atoms with Crippen LogP contribution in [0.1, 0.15) is 25.7 Å². The van der Waals surface area contributed by atoms with Crippen LogP contribution in [-0.2, 0) is 16.8 Å². The summed E-state index contributed by atoms with van der Waals surface area (Å²) in [5.74, 6) is 0.218. The van der Waals surface area contributed by atoms with Crippen molar-refractivity contribution in [1.82, 2.24) is 0 Å². The molecule has 69 valence electrons. The zero-order chi connectivity index (χ0) is 7.40. The largest absolute Gasteiger partial charge is 0.390 e. The van der Waals surface area contributed by atoms with Crippen LogP contribution in [0.5, 0.6) is 0 Å². The molecule has 1 atom stereocenters. The number of halogens is 1. The van der Waals surface area contributed by atoms with Crippen molar-refractivity contribution in [1.29, 1.82) is 0 Å². The van der Waals surface area contributed by atoms with Gasteiger partial charge < -0.3 is 11.5 Å². The van der Waals surface area contributed by atoms with E-state index < -0.39 is 12.8 Å². The van der Waals surface area contributed by atoms with Crippen LogP contribution in [-0.4, -0.2) is 17.9 Å². The summed E-state index contributed by atoms with van der Waals surface area (Å²) in [6.07, 6.45) is 5.52. The molecule has 1 radical (unpaired) electrons. The summed E-state index contributed by atoms with van der Waals surface area (Å²) in [5.41, 5.74) is 0. The fourth-order valence-corrected chi connectivity index (χ4v) is 1.46. The van der Waals surface area contributed by atoms with Crippen molar-refractivity contribution in [3.8, 4) is 0 Å². The van der Waals surface area contributed by atoms with Gasteiger partial charge in [0.15, 0.2) is 0 Å². The summed E-state index contributed by atoms with van der Waals surface area (Å²) < 4.78 is 11.9. The second kappa shape index (κ2) is 5.97. The fourth-order valence-electron chi connectivity index (χ4n) is 1.46. The minimum Gasteiger partial charge on any atom is -0.390 e. The Morgan fingerprint density at radius 1 is 1.45 bits per heavy atom. The van der Waals surface area contributed by atoms with E-state index in [1.54, 1.807) is 0 Å². The molecule has 0 heterocycles. The number of hydrogen-bond donors (Lipinski definition) is 1. The van der Waals surface area contributed by atoms with E-state index >= 15 is 0 Å². The first-order chi connectivity index (χ1) is 4.84. The monoisotopic (exact) mass is 204 g/mol. The van der Waals surface area contributed by atoms with Crippen molar-refractivity contribution in [3.63, 3.8) is 0 Å². The first kappa shape index (κ1) is 11.4. The molecule has 0 spiro atoms. The molecule has 1 saturated carbocycles. The molecule has 1 nitrogen and oxygen atoms in total. The maximum absolute atomic E-state index is 11.9. The molecule has 11 heavy (non-hydrogen) atoms. The van der Waals surface area contributed by atoms with Crippen LogP contribution < -0.4 is 0 Å². The molecule has 0 aromatic rings. The Hall–Kier alpha value is 0.396. The Bertz CT molecular complexity index is 94.1. The quantitative estimate of drug-likeness (QED) is 0.679. The molecule has 1 aliphatic carbocycles. The molecule has 1 fully saturated rings. The van der Waals surface area contributed by atoms with Gasteiger partial charge in [-0.1, -0.05) is 12.8 Å². The third kappa shape index (κ3) is 3.54. The van der Waals surface area contributed by atoms with Crippen LogP contribution in [0.3, 0.4) is 0 Å². The summed E-state index contributed by atoms with van der Waals surface area (Å²) in [6, 6.07) is 0. The van der Waals surface area contributed by atoms with Crippen LogP contribution in [0.15, 0.2) is 0 Å². The molecule has 0 saturated heterocycles. The van der Waals surface area contributed by atoms with Crippen molar-refractivity contribution in [2.24, 2.45) is 5.92 Å². The molecule has 1 unspecified atom stereocenters. The van der Waals surface area contributed by atoms with Gasteiger partial charge in [-0.15, -0.1) is 0 Å². The Morgan fingerprint density at radius 3 is 2.45 bits per heavy atom. The number of alkyl halides is 1. The average Bonchev–Trinajstić information content (AvgIpc) is 2.05. The summed E-state index contributed by atoms with van der Waals surface area (Å²) in [6.45, 7) is -0.579. The topological polar surface area (TPSA) is 20.2 Å². The van der Waals surface area contributed by atoms with E-state index in [1.165, 1.54) is 0 Å². The van der Waals surface area contributed by atoms with Gasteiger partial charge >= 0.3 is 0 Å². The first-order valence-corrected chi connectivity index (χ1v) is 3.90. The molecule has 0 aromatic carbocycles. The molecular formula is C8H14CoFO-. The van der Waals surface area contributed by atoms with Crippen molar-refractivity contribution in [2.75, 3.05) is 6.67 Å². The van der Waals surface area contributed by atoms with Crippen molar-refractivity contribution >= 4 is 0 Å². The summed E-state index contributed by atoms with van der Waals surface area (Å²) in [7, 11) is 0. The third-order valence-corrected chi connectivity index (χ3v) is 2.19. The maximum Gasteiger partial charge on any atom is 0.116 e. The Morgan fingerprint density at radius 2 is 2.00 bits per heavy atom. The van der Waals surface area contributed by atoms with Crippen LogP contribution in [0, 0.1) is 12.3 Å². The molecule has 3 heteroatoms. The smallest absolute Gasteiger partial charge is 0.116 e. The number of aliphatic hydroxyl groups excluding tert-OH is 1. The van der Waals surface area contributed by atoms with Crippen LogP contribution >= 0.6 is 0 Å². The van der Waals surface area contributed by atoms with Crippen LogP contribution in [0.25, 0.3) is 0 Å². The van der Waals surface area contributed by atoms with E-state index in [1.807, 2.05) is 0 Å². The first-order valence-electron chi connectivity index (χ1n) is 3.90. The second-order valence-electron chi connectivity index (χ2n) is 2.93. The molecule has 0 amide bonds. The number of hydrogen-bond acceptors (Lipinski definition) is 1. The molecule has 1 aliphatic rings. The fraction of sp³-hybridized carbons (Fsp3) is 0.875. The van der Waals surface area contributed by atoms with E-state index in [0.717, 1.165) is 25.7 Å². The van der Waals surface area contributed by atoms with E-state index in [-0.39, 0.29) is 22.7 Å². The number of aliphatic hydroxyl groups is 1. The zero-order valence-electron chi connectivity index (χ0n) is 6.43. The van der Waals surface area contributed by atoms with E-state index in [0.29, 0.717) is 0 Å². The standard InChI is InChI=1S/C8H14FO.Co/c9-6-8(10)7-4-2-1-3-5-7;/h1,7-8,10H,2-6H2;/q-1;. The van der Waals surface area contributed by atoms with Gasteiger partial charge in [0.25, 0.3) is 0 Å². The van der Waals surface area contributed by atoms with E-state index in [4.69, 9.17) is 5.11 Å². The van der Waals surface area contributed by atoms with Crippen LogP contribution in [0.2, 0.25) is 0 Å². The van der Waals surface area contributed by atoms with Gasteiger partial charge in [-0.25, -0.2) is 4.39 Å². The molecule has 1 rings (SSSR count). The van der Waals surface area contributed by atoms with Gasteiger partial charge in [0.05, 0.1) is 6.10 Å². The summed E-state index contributed by atoms with van der Waals surface area (Å²) in [5, 5.41) is 9.09.